The summed E-state index contributed by atoms with van der Waals surface area (Å²) in [5, 5.41) is 0. The summed E-state index contributed by atoms with van der Waals surface area (Å²) in [5.41, 5.74) is 2.13. The van der Waals surface area contributed by atoms with Crippen LogP contribution in [0, 0.1) is 13.8 Å². The van der Waals surface area contributed by atoms with Gasteiger partial charge in [-0.15, -0.1) is 0 Å². The van der Waals surface area contributed by atoms with Crippen LogP contribution in [0.3, 0.4) is 0 Å². The molecule has 118 valence electrons. The molecule has 0 amide bonds. The molecule has 0 spiro atoms. The second-order valence-electron chi connectivity index (χ2n) is 6.01. The van der Waals surface area contributed by atoms with E-state index in [2.05, 4.69) is 17.0 Å². The number of nitrogens with zero attached hydrogens (tertiary/aromatic N) is 2. The Morgan fingerprint density at radius 3 is 2.23 bits per heavy atom. The minimum Gasteiger partial charge on any atom is -0.351 e. The van der Waals surface area contributed by atoms with Crippen molar-refractivity contribution in [1.82, 2.24) is 8.87 Å². The van der Waals surface area contributed by atoms with E-state index in [0.717, 1.165) is 24.0 Å². The van der Waals surface area contributed by atoms with Gasteiger partial charge in [-0.05, 0) is 62.1 Å². The van der Waals surface area contributed by atoms with Crippen LogP contribution in [0.2, 0.25) is 0 Å². The van der Waals surface area contributed by atoms with Gasteiger partial charge in [0.1, 0.15) is 0 Å². The molecule has 2 heterocycles. The van der Waals surface area contributed by atoms with Gasteiger partial charge in [-0.2, -0.15) is 4.31 Å². The monoisotopic (exact) mass is 318 g/mol. The number of sulfonamides is 1. The van der Waals surface area contributed by atoms with Crippen LogP contribution in [-0.2, 0) is 10.0 Å². The van der Waals surface area contributed by atoms with Crippen molar-refractivity contribution in [3.63, 3.8) is 0 Å². The van der Waals surface area contributed by atoms with Gasteiger partial charge >= 0.3 is 0 Å². The molecule has 3 rings (SSSR count). The molecule has 22 heavy (non-hydrogen) atoms. The summed E-state index contributed by atoms with van der Waals surface area (Å²) in [7, 11) is -3.37. The first-order valence-electron chi connectivity index (χ1n) is 7.68. The summed E-state index contributed by atoms with van der Waals surface area (Å²) in [6.07, 6.45) is 5.83. The van der Waals surface area contributed by atoms with Crippen LogP contribution in [-0.4, -0.2) is 30.4 Å². The fourth-order valence-corrected chi connectivity index (χ4v) is 4.55. The molecule has 0 unspecified atom stereocenters. The molecule has 1 aromatic carbocycles. The summed E-state index contributed by atoms with van der Waals surface area (Å²) in [5.74, 6) is 0. The van der Waals surface area contributed by atoms with Gasteiger partial charge in [0.2, 0.25) is 10.0 Å². The minimum absolute atomic E-state index is 0.404. The van der Waals surface area contributed by atoms with Crippen LogP contribution in [0.15, 0.2) is 47.6 Å². The Morgan fingerprint density at radius 1 is 1.00 bits per heavy atom. The first-order chi connectivity index (χ1) is 10.5. The van der Waals surface area contributed by atoms with Crippen molar-refractivity contribution in [2.75, 3.05) is 13.1 Å². The number of aromatic nitrogens is 1. The third-order valence-corrected chi connectivity index (χ3v) is 6.48. The summed E-state index contributed by atoms with van der Waals surface area (Å²) in [6.45, 7) is 5.11. The molecular formula is C17H22N2O2S. The molecule has 0 saturated carbocycles. The molecule has 1 aliphatic heterocycles. The van der Waals surface area contributed by atoms with Crippen molar-refractivity contribution in [3.8, 4) is 0 Å². The van der Waals surface area contributed by atoms with E-state index in [1.165, 1.54) is 0 Å². The van der Waals surface area contributed by atoms with Gasteiger partial charge in [0, 0.05) is 31.5 Å². The van der Waals surface area contributed by atoms with Crippen LogP contribution >= 0.6 is 0 Å². The van der Waals surface area contributed by atoms with Gasteiger partial charge in [0.25, 0.3) is 0 Å². The van der Waals surface area contributed by atoms with E-state index in [9.17, 15) is 8.42 Å². The Bertz CT molecular complexity index is 743. The van der Waals surface area contributed by atoms with Crippen molar-refractivity contribution in [2.24, 2.45) is 0 Å². The highest BCUT2D eigenvalue weighted by Gasteiger charge is 2.29. The fraction of sp³-hybridized carbons (Fsp3) is 0.412. The normalized spacial score (nSPS) is 17.7. The van der Waals surface area contributed by atoms with E-state index in [1.807, 2.05) is 32.0 Å². The predicted molar refractivity (Wildman–Crippen MR) is 87.4 cm³/mol. The quantitative estimate of drug-likeness (QED) is 0.872. The molecular weight excluding hydrogens is 296 g/mol. The van der Waals surface area contributed by atoms with Gasteiger partial charge in [-0.25, -0.2) is 8.42 Å². The molecule has 0 N–H and O–H groups in total. The van der Waals surface area contributed by atoms with Crippen LogP contribution in [0.4, 0.5) is 0 Å². The van der Waals surface area contributed by atoms with E-state index < -0.39 is 10.0 Å². The lowest BCUT2D eigenvalue weighted by Gasteiger charge is -2.32. The first-order valence-corrected chi connectivity index (χ1v) is 9.12. The third kappa shape index (κ3) is 2.83. The molecule has 0 aliphatic carbocycles. The van der Waals surface area contributed by atoms with Gasteiger partial charge in [0.15, 0.2) is 0 Å². The van der Waals surface area contributed by atoms with Crippen molar-refractivity contribution < 1.29 is 8.42 Å². The largest absolute Gasteiger partial charge is 0.351 e. The standard InChI is InChI=1S/C17H22N2O2S/c1-14-5-6-17(13-15(14)2)22(20,21)19-11-7-16(8-12-19)18-9-3-4-10-18/h3-6,9-10,13,16H,7-8,11-12H2,1-2H3. The summed E-state index contributed by atoms with van der Waals surface area (Å²) < 4.78 is 29.3. The van der Waals surface area contributed by atoms with Crippen molar-refractivity contribution in [1.29, 1.82) is 0 Å². The summed E-state index contributed by atoms with van der Waals surface area (Å²) in [4.78, 5) is 0.412. The molecule has 4 nitrogen and oxygen atoms in total. The van der Waals surface area contributed by atoms with Crippen LogP contribution in [0.1, 0.15) is 30.0 Å². The predicted octanol–water partition coefficient (Wildman–Crippen LogP) is 3.13. The minimum atomic E-state index is -3.37. The Hall–Kier alpha value is -1.59. The van der Waals surface area contributed by atoms with Crippen molar-refractivity contribution in [2.45, 2.75) is 37.6 Å². The topological polar surface area (TPSA) is 42.3 Å². The molecule has 1 aliphatic rings. The van der Waals surface area contributed by atoms with Gasteiger partial charge in [-0.3, -0.25) is 0 Å². The van der Waals surface area contributed by atoms with Gasteiger partial charge in [-0.1, -0.05) is 6.07 Å². The number of hydrogen-bond donors (Lipinski definition) is 0. The molecule has 1 saturated heterocycles. The molecule has 5 heteroatoms. The maximum atomic E-state index is 12.8. The molecule has 0 bridgehead atoms. The van der Waals surface area contributed by atoms with E-state index >= 15 is 0 Å². The highest BCUT2D eigenvalue weighted by molar-refractivity contribution is 7.89. The highest BCUT2D eigenvalue weighted by Crippen LogP contribution is 2.27. The molecule has 2 aromatic rings. The third-order valence-electron chi connectivity index (χ3n) is 4.59. The second kappa shape index (κ2) is 5.89. The van der Waals surface area contributed by atoms with E-state index in [0.29, 0.717) is 24.0 Å². The lowest BCUT2D eigenvalue weighted by atomic mass is 10.1. The smallest absolute Gasteiger partial charge is 0.243 e. The number of rotatable bonds is 3. The zero-order valence-corrected chi connectivity index (χ0v) is 13.9. The molecule has 0 radical (unpaired) electrons. The van der Waals surface area contributed by atoms with Crippen LogP contribution in [0.5, 0.6) is 0 Å². The van der Waals surface area contributed by atoms with Crippen molar-refractivity contribution >= 4 is 10.0 Å². The van der Waals surface area contributed by atoms with Gasteiger partial charge < -0.3 is 4.57 Å². The highest BCUT2D eigenvalue weighted by atomic mass is 32.2. The van der Waals surface area contributed by atoms with E-state index in [1.54, 1.807) is 16.4 Å². The zero-order chi connectivity index (χ0) is 15.7. The average Bonchev–Trinajstić information content (AvgIpc) is 3.04. The fourth-order valence-electron chi connectivity index (χ4n) is 3.00. The van der Waals surface area contributed by atoms with Crippen molar-refractivity contribution in [3.05, 3.63) is 53.9 Å². The lowest BCUT2D eigenvalue weighted by molar-refractivity contribution is 0.274. The van der Waals surface area contributed by atoms with Crippen LogP contribution in [0.25, 0.3) is 0 Å². The molecule has 1 fully saturated rings. The Labute approximate surface area is 132 Å². The second-order valence-corrected chi connectivity index (χ2v) is 7.95. The number of aryl methyl sites for hydroxylation is 2. The zero-order valence-electron chi connectivity index (χ0n) is 13.1. The SMILES string of the molecule is Cc1ccc(S(=O)(=O)N2CCC(n3cccc3)CC2)cc1C. The molecule has 1 aromatic heterocycles. The Morgan fingerprint density at radius 2 is 1.64 bits per heavy atom. The number of piperidine rings is 1. The number of benzene rings is 1. The maximum absolute atomic E-state index is 12.8. The van der Waals surface area contributed by atoms with E-state index in [-0.39, 0.29) is 0 Å². The van der Waals surface area contributed by atoms with E-state index in [4.69, 9.17) is 0 Å². The van der Waals surface area contributed by atoms with Crippen LogP contribution < -0.4 is 0 Å². The first kappa shape index (κ1) is 15.3. The summed E-state index contributed by atoms with van der Waals surface area (Å²) in [6, 6.07) is 9.81. The maximum Gasteiger partial charge on any atom is 0.243 e. The Kier molecular flexibility index (Phi) is 4.10. The van der Waals surface area contributed by atoms with Gasteiger partial charge in [0.05, 0.1) is 4.90 Å². The number of hydrogen-bond acceptors (Lipinski definition) is 2. The Balaban J connectivity index is 1.75. The average molecular weight is 318 g/mol. The summed E-state index contributed by atoms with van der Waals surface area (Å²) >= 11 is 0. The molecule has 0 atom stereocenters. The lowest BCUT2D eigenvalue weighted by Crippen LogP contribution is -2.38.